The highest BCUT2D eigenvalue weighted by atomic mass is 35.5. The smallest absolute Gasteiger partial charge is 0.233 e. The Morgan fingerprint density at radius 1 is 1.30 bits per heavy atom. The molecule has 3 N–H and O–H groups in total. The number of nitrogens with one attached hydrogen (secondary N) is 2. The van der Waals surface area contributed by atoms with Crippen molar-refractivity contribution in [2.75, 3.05) is 18.6 Å². The fourth-order valence-electron chi connectivity index (χ4n) is 1.35. The van der Waals surface area contributed by atoms with Gasteiger partial charge in [-0.1, -0.05) is 6.92 Å². The second kappa shape index (κ2) is 13.3. The van der Waals surface area contributed by atoms with Crippen LogP contribution in [-0.2, 0) is 0 Å². The Hall–Kier alpha value is -1.15. The molecule has 1 rings (SSSR count). The van der Waals surface area contributed by atoms with Crippen LogP contribution < -0.4 is 15.5 Å². The van der Waals surface area contributed by atoms with Crippen molar-refractivity contribution >= 4 is 36.3 Å². The van der Waals surface area contributed by atoms with E-state index >= 15 is 0 Å². The molecule has 0 aliphatic heterocycles. The maximum absolute atomic E-state index is 9.79. The number of aliphatic hydroxyl groups is 1. The van der Waals surface area contributed by atoms with E-state index < -0.39 is 6.10 Å². The molecule has 23 heavy (non-hydrogen) atoms. The maximum Gasteiger partial charge on any atom is 0.233 e. The van der Waals surface area contributed by atoms with Gasteiger partial charge in [0, 0.05) is 24.4 Å². The minimum absolute atomic E-state index is 0. The minimum Gasteiger partial charge on any atom is -0.474 e. The van der Waals surface area contributed by atoms with Crippen molar-refractivity contribution in [3.8, 4) is 5.88 Å². The van der Waals surface area contributed by atoms with Gasteiger partial charge in [-0.25, -0.2) is 0 Å². The third-order valence-corrected chi connectivity index (χ3v) is 2.77. The molecule has 2 unspecified atom stereocenters. The lowest BCUT2D eigenvalue weighted by molar-refractivity contribution is 0.101. The zero-order chi connectivity index (χ0) is 15.7. The summed E-state index contributed by atoms with van der Waals surface area (Å²) in [6.45, 7) is 8.60. The first-order chi connectivity index (χ1) is 10.0. The van der Waals surface area contributed by atoms with E-state index in [4.69, 9.17) is 4.74 Å². The molecule has 0 aromatic carbocycles. The Kier molecular flexibility index (Phi) is 13.9. The van der Waals surface area contributed by atoms with Gasteiger partial charge in [0.25, 0.3) is 0 Å². The highest BCUT2D eigenvalue weighted by molar-refractivity contribution is 5.85. The average molecular weight is 368 g/mol. The molecule has 1 aromatic rings. The second-order valence-corrected chi connectivity index (χ2v) is 5.11. The van der Waals surface area contributed by atoms with E-state index in [1.165, 1.54) is 0 Å². The van der Waals surface area contributed by atoms with Gasteiger partial charge in [-0.3, -0.25) is 5.43 Å². The van der Waals surface area contributed by atoms with Crippen LogP contribution in [0.1, 0.15) is 34.1 Å². The van der Waals surface area contributed by atoms with E-state index in [1.54, 1.807) is 12.1 Å². The van der Waals surface area contributed by atoms with Crippen LogP contribution >= 0.6 is 24.8 Å². The average Bonchev–Trinajstić information content (AvgIpc) is 2.49. The Balaban J connectivity index is 0. The van der Waals surface area contributed by atoms with Crippen LogP contribution in [0.25, 0.3) is 0 Å². The van der Waals surface area contributed by atoms with Gasteiger partial charge in [-0.05, 0) is 33.3 Å². The van der Waals surface area contributed by atoms with Crippen LogP contribution in [0.5, 0.6) is 5.88 Å². The Morgan fingerprint density at radius 2 is 2.00 bits per heavy atom. The van der Waals surface area contributed by atoms with E-state index in [1.807, 2.05) is 13.8 Å². The van der Waals surface area contributed by atoms with Gasteiger partial charge < -0.3 is 15.2 Å². The molecule has 0 spiro atoms. The monoisotopic (exact) mass is 367 g/mol. The van der Waals surface area contributed by atoms with Crippen LogP contribution in [0.3, 0.4) is 0 Å². The first kappa shape index (κ1) is 24.1. The number of halogens is 2. The lowest BCUT2D eigenvalue weighted by Crippen LogP contribution is -2.36. The standard InChI is InChI=1S/C14H25N5O2.2ClH/c1-5-11(4)15-8-12(20)9-21-14-7-6-13(18-19-14)17-16-10(2)3;;/h6-7,11-12,15,20H,5,8-9H2,1-4H3,(H,17,18);2*1H. The van der Waals surface area contributed by atoms with Gasteiger partial charge in [0.15, 0.2) is 5.82 Å². The lowest BCUT2D eigenvalue weighted by atomic mass is 10.2. The predicted octanol–water partition coefficient (Wildman–Crippen LogP) is 2.26. The molecule has 0 aliphatic carbocycles. The molecule has 0 amide bonds. The largest absolute Gasteiger partial charge is 0.474 e. The number of hydrazone groups is 1. The van der Waals surface area contributed by atoms with E-state index in [0.717, 1.165) is 12.1 Å². The summed E-state index contributed by atoms with van der Waals surface area (Å²) >= 11 is 0. The highest BCUT2D eigenvalue weighted by Gasteiger charge is 2.07. The number of hydrogen-bond donors (Lipinski definition) is 3. The molecule has 0 bridgehead atoms. The number of aromatic nitrogens is 2. The van der Waals surface area contributed by atoms with Crippen molar-refractivity contribution < 1.29 is 9.84 Å². The number of nitrogens with zero attached hydrogens (tertiary/aromatic N) is 3. The summed E-state index contributed by atoms with van der Waals surface area (Å²) in [4.78, 5) is 0. The SMILES string of the molecule is CCC(C)NCC(O)COc1ccc(NN=C(C)C)nn1.Cl.Cl. The van der Waals surface area contributed by atoms with Crippen molar-refractivity contribution in [3.63, 3.8) is 0 Å². The molecular weight excluding hydrogens is 341 g/mol. The van der Waals surface area contributed by atoms with Crippen molar-refractivity contribution in [2.45, 2.75) is 46.3 Å². The minimum atomic E-state index is -0.578. The van der Waals surface area contributed by atoms with Gasteiger partial charge in [0.2, 0.25) is 5.88 Å². The molecule has 0 fully saturated rings. The summed E-state index contributed by atoms with van der Waals surface area (Å²) in [5, 5.41) is 24.9. The topological polar surface area (TPSA) is 91.7 Å². The second-order valence-electron chi connectivity index (χ2n) is 5.11. The van der Waals surface area contributed by atoms with Gasteiger partial charge in [-0.15, -0.1) is 35.0 Å². The molecule has 7 nitrogen and oxygen atoms in total. The Labute approximate surface area is 150 Å². The number of rotatable bonds is 9. The normalized spacial score (nSPS) is 12.2. The number of aliphatic hydroxyl groups excluding tert-OH is 1. The van der Waals surface area contributed by atoms with E-state index in [9.17, 15) is 5.11 Å². The van der Waals surface area contributed by atoms with Gasteiger partial charge in [-0.2, -0.15) is 5.10 Å². The third kappa shape index (κ3) is 11.1. The number of hydrogen-bond acceptors (Lipinski definition) is 7. The molecule has 2 atom stereocenters. The van der Waals surface area contributed by atoms with Gasteiger partial charge in [0.1, 0.15) is 12.7 Å². The maximum atomic E-state index is 9.79. The molecule has 0 radical (unpaired) electrons. The fourth-order valence-corrected chi connectivity index (χ4v) is 1.35. The predicted molar refractivity (Wildman–Crippen MR) is 98.2 cm³/mol. The van der Waals surface area contributed by atoms with Crippen molar-refractivity contribution in [3.05, 3.63) is 12.1 Å². The summed E-state index contributed by atoms with van der Waals surface area (Å²) in [7, 11) is 0. The van der Waals surface area contributed by atoms with Crippen molar-refractivity contribution in [2.24, 2.45) is 5.10 Å². The first-order valence-corrected chi connectivity index (χ1v) is 7.16. The van der Waals surface area contributed by atoms with E-state index in [-0.39, 0.29) is 31.4 Å². The van der Waals surface area contributed by atoms with Crippen LogP contribution in [0.4, 0.5) is 5.82 Å². The zero-order valence-corrected chi connectivity index (χ0v) is 15.6. The third-order valence-electron chi connectivity index (χ3n) is 2.77. The molecule has 0 saturated carbocycles. The van der Waals surface area contributed by atoms with Crippen molar-refractivity contribution in [1.82, 2.24) is 15.5 Å². The molecule has 9 heteroatoms. The van der Waals surface area contributed by atoms with Gasteiger partial charge >= 0.3 is 0 Å². The Bertz CT molecular complexity index is 441. The van der Waals surface area contributed by atoms with E-state index in [2.05, 4.69) is 39.9 Å². The van der Waals surface area contributed by atoms with Crippen LogP contribution in [-0.4, -0.2) is 46.3 Å². The number of ether oxygens (including phenoxy) is 1. The molecule has 1 heterocycles. The fraction of sp³-hybridized carbons (Fsp3) is 0.643. The van der Waals surface area contributed by atoms with Crippen LogP contribution in [0, 0.1) is 0 Å². The summed E-state index contributed by atoms with van der Waals surface area (Å²) in [6, 6.07) is 3.79. The molecular formula is C14H27Cl2N5O2. The summed E-state index contributed by atoms with van der Waals surface area (Å²) in [5.41, 5.74) is 3.67. The quantitative estimate of drug-likeness (QED) is 0.458. The highest BCUT2D eigenvalue weighted by Crippen LogP contribution is 2.08. The first-order valence-electron chi connectivity index (χ1n) is 7.16. The molecule has 0 aliphatic rings. The summed E-state index contributed by atoms with van der Waals surface area (Å²) < 4.78 is 5.39. The molecule has 134 valence electrons. The lowest BCUT2D eigenvalue weighted by Gasteiger charge is -2.15. The Morgan fingerprint density at radius 3 is 2.52 bits per heavy atom. The van der Waals surface area contributed by atoms with Gasteiger partial charge in [0.05, 0.1) is 0 Å². The zero-order valence-electron chi connectivity index (χ0n) is 13.9. The molecule has 1 aromatic heterocycles. The molecule has 0 saturated heterocycles. The van der Waals surface area contributed by atoms with Crippen LogP contribution in [0.15, 0.2) is 17.2 Å². The summed E-state index contributed by atoms with van der Waals surface area (Å²) in [5.74, 6) is 0.919. The van der Waals surface area contributed by atoms with E-state index in [0.29, 0.717) is 24.3 Å². The number of anilines is 1. The van der Waals surface area contributed by atoms with Crippen molar-refractivity contribution in [1.29, 1.82) is 0 Å². The van der Waals surface area contributed by atoms with Crippen LogP contribution in [0.2, 0.25) is 0 Å². The summed E-state index contributed by atoms with van der Waals surface area (Å²) in [6.07, 6.45) is 0.443.